The fraction of sp³-hybridized carbons (Fsp3) is 0.500. The van der Waals surface area contributed by atoms with E-state index in [2.05, 4.69) is 16.0 Å². The molecule has 0 radical (unpaired) electrons. The van der Waals surface area contributed by atoms with E-state index in [4.69, 9.17) is 14.2 Å². The van der Waals surface area contributed by atoms with Crippen molar-refractivity contribution in [2.24, 2.45) is 0 Å². The molecule has 7 nitrogen and oxygen atoms in total. The van der Waals surface area contributed by atoms with E-state index in [0.717, 1.165) is 67.0 Å². The van der Waals surface area contributed by atoms with Gasteiger partial charge in [-0.15, -0.1) is 12.4 Å². The van der Waals surface area contributed by atoms with Crippen molar-refractivity contribution in [3.05, 3.63) is 47.5 Å². The molecule has 1 saturated carbocycles. The second kappa shape index (κ2) is 12.0. The number of halogens is 1. The number of carbonyl (C=O) groups is 1. The van der Waals surface area contributed by atoms with Gasteiger partial charge in [0.25, 0.3) is 0 Å². The molecule has 2 fully saturated rings. The number of carboxylic acids is 1. The molecule has 0 unspecified atom stereocenters. The summed E-state index contributed by atoms with van der Waals surface area (Å²) < 4.78 is 20.9. The number of nitrogens with one attached hydrogen (secondary N) is 1. The fourth-order valence-corrected chi connectivity index (χ4v) is 6.37. The summed E-state index contributed by atoms with van der Waals surface area (Å²) in [5, 5.41) is 14.2. The van der Waals surface area contributed by atoms with Gasteiger partial charge in [-0.05, 0) is 74.5 Å². The minimum atomic E-state index is -0.899. The number of ether oxygens (including phenoxy) is 3. The summed E-state index contributed by atoms with van der Waals surface area (Å²) in [5.74, 6) is 1.08. The van der Waals surface area contributed by atoms with Crippen LogP contribution in [0.15, 0.2) is 36.4 Å². The molecule has 0 bridgehead atoms. The zero-order valence-electron chi connectivity index (χ0n) is 21.7. The minimum absolute atomic E-state index is 0. The summed E-state index contributed by atoms with van der Waals surface area (Å²) >= 11 is 0. The van der Waals surface area contributed by atoms with Gasteiger partial charge >= 0.3 is 5.97 Å². The monoisotopic (exact) mass is 540 g/mol. The summed E-state index contributed by atoms with van der Waals surface area (Å²) in [4.78, 5) is 11.8. The predicted octanol–water partition coefficient (Wildman–Crippen LogP) is 6.02. The van der Waals surface area contributed by atoms with Crippen molar-refractivity contribution < 1.29 is 24.1 Å². The van der Waals surface area contributed by atoms with Crippen LogP contribution < -0.4 is 14.8 Å². The van der Waals surface area contributed by atoms with Gasteiger partial charge in [-0.1, -0.05) is 31.4 Å². The van der Waals surface area contributed by atoms with Gasteiger partial charge in [0.15, 0.2) is 11.5 Å². The van der Waals surface area contributed by atoms with Crippen LogP contribution in [0.5, 0.6) is 11.5 Å². The van der Waals surface area contributed by atoms with Crippen LogP contribution in [0, 0.1) is 0 Å². The van der Waals surface area contributed by atoms with Gasteiger partial charge in [-0.2, -0.15) is 0 Å². The Hall–Kier alpha value is -2.74. The van der Waals surface area contributed by atoms with Gasteiger partial charge < -0.3 is 29.2 Å². The molecular weight excluding hydrogens is 504 g/mol. The molecular formula is C30H37ClN2O5. The largest absolute Gasteiger partial charge is 0.487 e. The Morgan fingerprint density at radius 3 is 2.66 bits per heavy atom. The Bertz CT molecular complexity index is 1280. The molecule has 0 amide bonds. The quantitative estimate of drug-likeness (QED) is 0.357. The number of aromatic carboxylic acids is 1. The highest BCUT2D eigenvalue weighted by atomic mass is 35.5. The third-order valence-electron chi connectivity index (χ3n) is 8.14. The molecule has 2 aromatic carbocycles. The fourth-order valence-electron chi connectivity index (χ4n) is 6.37. The maximum atomic E-state index is 11.8. The molecule has 204 valence electrons. The zero-order valence-corrected chi connectivity index (χ0v) is 22.6. The van der Waals surface area contributed by atoms with E-state index < -0.39 is 5.97 Å². The summed E-state index contributed by atoms with van der Waals surface area (Å²) in [5.41, 5.74) is 4.83. The molecule has 8 heteroatoms. The second-order valence-electron chi connectivity index (χ2n) is 10.4. The summed E-state index contributed by atoms with van der Waals surface area (Å²) in [6.45, 7) is 4.21. The lowest BCUT2D eigenvalue weighted by Crippen LogP contribution is -2.33. The van der Waals surface area contributed by atoms with Crippen LogP contribution >= 0.6 is 12.4 Å². The molecule has 2 N–H and O–H groups in total. The number of nitrogens with zero attached hydrogens (tertiary/aromatic N) is 1. The van der Waals surface area contributed by atoms with Crippen LogP contribution in [0.2, 0.25) is 0 Å². The highest BCUT2D eigenvalue weighted by Crippen LogP contribution is 2.49. The zero-order chi connectivity index (χ0) is 25.2. The van der Waals surface area contributed by atoms with Gasteiger partial charge in [0.05, 0.1) is 30.5 Å². The third-order valence-corrected chi connectivity index (χ3v) is 8.14. The molecule has 3 aliphatic rings. The minimum Gasteiger partial charge on any atom is -0.487 e. The number of para-hydroxylation sites is 1. The van der Waals surface area contributed by atoms with Crippen LogP contribution in [0.3, 0.4) is 0 Å². The molecule has 2 aliphatic heterocycles. The lowest BCUT2D eigenvalue weighted by atomic mass is 9.81. The third kappa shape index (κ3) is 5.24. The number of hydrogen-bond acceptors (Lipinski definition) is 5. The van der Waals surface area contributed by atoms with Crippen molar-refractivity contribution >= 4 is 29.3 Å². The van der Waals surface area contributed by atoms with Gasteiger partial charge in [-0.3, -0.25) is 0 Å². The number of carboxylic acid groups (broad SMARTS) is 1. The van der Waals surface area contributed by atoms with Crippen molar-refractivity contribution in [2.45, 2.75) is 63.5 Å². The Morgan fingerprint density at radius 2 is 1.87 bits per heavy atom. The Morgan fingerprint density at radius 1 is 1.05 bits per heavy atom. The van der Waals surface area contributed by atoms with E-state index in [0.29, 0.717) is 44.0 Å². The number of rotatable bonds is 7. The molecule has 0 spiro atoms. The maximum absolute atomic E-state index is 11.8. The van der Waals surface area contributed by atoms with E-state index in [9.17, 15) is 9.90 Å². The Balaban J connectivity index is 0.00000294. The number of piperidine rings is 1. The molecule has 3 heterocycles. The standard InChI is InChI=1S/C30H36N2O5.ClH/c33-30(34)21-9-10-23-25(19-21)32-15-16-37-29-24(28(32)27(23)20-5-2-1-3-6-20)7-4-8-26(29)36-18-17-35-22-11-13-31-14-12-22;/h4,7-10,19-20,22,31H,1-3,5-6,11-18H2,(H,33,34);1H. The van der Waals surface area contributed by atoms with E-state index in [1.807, 2.05) is 24.3 Å². The molecule has 6 rings (SSSR count). The van der Waals surface area contributed by atoms with Gasteiger partial charge in [0.1, 0.15) is 13.2 Å². The average molecular weight is 541 g/mol. The van der Waals surface area contributed by atoms with Crippen molar-refractivity contribution in [1.82, 2.24) is 9.88 Å². The van der Waals surface area contributed by atoms with E-state index in [1.165, 1.54) is 30.2 Å². The molecule has 1 aliphatic carbocycles. The van der Waals surface area contributed by atoms with Crippen molar-refractivity contribution in [1.29, 1.82) is 0 Å². The highest BCUT2D eigenvalue weighted by Gasteiger charge is 2.30. The van der Waals surface area contributed by atoms with E-state index in [1.54, 1.807) is 6.07 Å². The summed E-state index contributed by atoms with van der Waals surface area (Å²) in [7, 11) is 0. The number of benzene rings is 2. The molecule has 38 heavy (non-hydrogen) atoms. The van der Waals surface area contributed by atoms with Crippen molar-refractivity contribution in [3.63, 3.8) is 0 Å². The number of hydrogen-bond donors (Lipinski definition) is 2. The van der Waals surface area contributed by atoms with Crippen LogP contribution in [0.25, 0.3) is 22.2 Å². The number of fused-ring (bicyclic) bond motifs is 5. The van der Waals surface area contributed by atoms with E-state index >= 15 is 0 Å². The SMILES string of the molecule is Cl.O=C(O)c1ccc2c(C3CCCCC3)c3n(c2c1)CCOc1c(OCCOC2CCNCC2)cccc1-3. The first-order chi connectivity index (χ1) is 18.2. The van der Waals surface area contributed by atoms with Crippen LogP contribution in [-0.4, -0.2) is 54.7 Å². The first-order valence-electron chi connectivity index (χ1n) is 13.8. The highest BCUT2D eigenvalue weighted by molar-refractivity contribution is 5.99. The van der Waals surface area contributed by atoms with E-state index in [-0.39, 0.29) is 12.4 Å². The lowest BCUT2D eigenvalue weighted by molar-refractivity contribution is 0.0164. The van der Waals surface area contributed by atoms with Crippen LogP contribution in [0.4, 0.5) is 0 Å². The second-order valence-corrected chi connectivity index (χ2v) is 10.4. The first kappa shape index (κ1) is 26.9. The Kier molecular flexibility index (Phi) is 8.46. The van der Waals surface area contributed by atoms with Crippen LogP contribution in [0.1, 0.15) is 66.8 Å². The number of aromatic nitrogens is 1. The smallest absolute Gasteiger partial charge is 0.335 e. The molecule has 1 aromatic heterocycles. The molecule has 1 saturated heterocycles. The normalized spacial score (nSPS) is 18.1. The molecule has 3 aromatic rings. The summed E-state index contributed by atoms with van der Waals surface area (Å²) in [6, 6.07) is 11.7. The van der Waals surface area contributed by atoms with Crippen LogP contribution in [-0.2, 0) is 11.3 Å². The Labute approximate surface area is 229 Å². The summed E-state index contributed by atoms with van der Waals surface area (Å²) in [6.07, 6.45) is 8.45. The van der Waals surface area contributed by atoms with Gasteiger partial charge in [0, 0.05) is 16.5 Å². The first-order valence-corrected chi connectivity index (χ1v) is 13.8. The van der Waals surface area contributed by atoms with Crippen molar-refractivity contribution in [2.75, 3.05) is 32.9 Å². The maximum Gasteiger partial charge on any atom is 0.335 e. The lowest BCUT2D eigenvalue weighted by Gasteiger charge is -2.24. The predicted molar refractivity (Wildman–Crippen MR) is 150 cm³/mol. The van der Waals surface area contributed by atoms with Gasteiger partial charge in [0.2, 0.25) is 0 Å². The van der Waals surface area contributed by atoms with Crippen molar-refractivity contribution in [3.8, 4) is 22.8 Å². The molecule has 0 atom stereocenters. The average Bonchev–Trinajstić information content (AvgIpc) is 3.13. The topological polar surface area (TPSA) is 82.0 Å². The van der Waals surface area contributed by atoms with Gasteiger partial charge in [-0.25, -0.2) is 4.79 Å².